The van der Waals surface area contributed by atoms with Crippen molar-refractivity contribution in [1.29, 1.82) is 0 Å². The van der Waals surface area contributed by atoms with Crippen LogP contribution in [-0.4, -0.2) is 58.6 Å². The van der Waals surface area contributed by atoms with E-state index in [0.717, 1.165) is 0 Å². The zero-order chi connectivity index (χ0) is 15.4. The van der Waals surface area contributed by atoms with Crippen molar-refractivity contribution in [2.24, 2.45) is 0 Å². The molecule has 0 bridgehead atoms. The van der Waals surface area contributed by atoms with E-state index in [1.165, 1.54) is 6.07 Å². The standard InChI is InChI=1S/C12H15BrN4O4/c13-9-7-10(17(20)21)12(14-8-9)16-5-3-15(4-6-16)2-1-11(18)19/h7-8H,1-6H2,(H,18,19). The number of pyridine rings is 1. The molecule has 0 aliphatic carbocycles. The number of aliphatic carboxylic acids is 1. The van der Waals surface area contributed by atoms with Crippen LogP contribution in [0.1, 0.15) is 6.42 Å². The van der Waals surface area contributed by atoms with Gasteiger partial charge in [-0.25, -0.2) is 4.98 Å². The van der Waals surface area contributed by atoms with E-state index < -0.39 is 10.9 Å². The van der Waals surface area contributed by atoms with Crippen LogP contribution in [0, 0.1) is 10.1 Å². The molecule has 9 heteroatoms. The summed E-state index contributed by atoms with van der Waals surface area (Å²) in [6, 6.07) is 1.44. The number of rotatable bonds is 5. The number of nitrogens with zero attached hydrogens (tertiary/aromatic N) is 4. The monoisotopic (exact) mass is 358 g/mol. The van der Waals surface area contributed by atoms with Crippen molar-refractivity contribution in [2.45, 2.75) is 6.42 Å². The number of aromatic nitrogens is 1. The van der Waals surface area contributed by atoms with Crippen molar-refractivity contribution < 1.29 is 14.8 Å². The number of carboxylic acid groups (broad SMARTS) is 1. The van der Waals surface area contributed by atoms with E-state index >= 15 is 0 Å². The molecule has 0 aromatic carbocycles. The van der Waals surface area contributed by atoms with Crippen molar-refractivity contribution in [3.05, 3.63) is 26.9 Å². The van der Waals surface area contributed by atoms with Crippen LogP contribution in [0.25, 0.3) is 0 Å². The summed E-state index contributed by atoms with van der Waals surface area (Å²) in [5.74, 6) is -0.455. The predicted octanol–water partition coefficient (Wildman–Crippen LogP) is 1.35. The van der Waals surface area contributed by atoms with Gasteiger partial charge in [-0.05, 0) is 15.9 Å². The molecule has 0 atom stereocenters. The molecule has 1 aliphatic heterocycles. The number of hydrogen-bond acceptors (Lipinski definition) is 6. The maximum absolute atomic E-state index is 11.1. The lowest BCUT2D eigenvalue weighted by Gasteiger charge is -2.34. The van der Waals surface area contributed by atoms with Gasteiger partial charge < -0.3 is 10.0 Å². The topological polar surface area (TPSA) is 99.8 Å². The smallest absolute Gasteiger partial charge is 0.312 e. The molecule has 2 rings (SSSR count). The average Bonchev–Trinajstić information content (AvgIpc) is 2.45. The molecule has 0 amide bonds. The quantitative estimate of drug-likeness (QED) is 0.626. The first kappa shape index (κ1) is 15.6. The first-order valence-electron chi connectivity index (χ1n) is 6.46. The van der Waals surface area contributed by atoms with Gasteiger partial charge in [0.15, 0.2) is 0 Å². The fourth-order valence-electron chi connectivity index (χ4n) is 2.24. The van der Waals surface area contributed by atoms with E-state index in [-0.39, 0.29) is 12.1 Å². The van der Waals surface area contributed by atoms with E-state index in [1.54, 1.807) is 6.20 Å². The first-order chi connectivity index (χ1) is 9.97. The number of hydrogen-bond donors (Lipinski definition) is 1. The van der Waals surface area contributed by atoms with Crippen LogP contribution in [0.4, 0.5) is 11.5 Å². The Bertz CT molecular complexity index is 546. The molecular formula is C12H15BrN4O4. The van der Waals surface area contributed by atoms with Gasteiger partial charge in [-0.2, -0.15) is 0 Å². The molecule has 0 saturated carbocycles. The fourth-order valence-corrected chi connectivity index (χ4v) is 2.56. The molecule has 114 valence electrons. The molecule has 21 heavy (non-hydrogen) atoms. The SMILES string of the molecule is O=C(O)CCN1CCN(c2ncc(Br)cc2[N+](=O)[O-])CC1. The molecule has 0 spiro atoms. The number of carbonyl (C=O) groups is 1. The molecule has 0 unspecified atom stereocenters. The highest BCUT2D eigenvalue weighted by atomic mass is 79.9. The molecule has 1 N–H and O–H groups in total. The van der Waals surface area contributed by atoms with E-state index in [1.807, 2.05) is 9.80 Å². The third kappa shape index (κ3) is 4.11. The van der Waals surface area contributed by atoms with Crippen molar-refractivity contribution in [2.75, 3.05) is 37.6 Å². The summed E-state index contributed by atoms with van der Waals surface area (Å²) in [5, 5.41) is 19.8. The highest BCUT2D eigenvalue weighted by molar-refractivity contribution is 9.10. The van der Waals surface area contributed by atoms with Gasteiger partial charge in [0.25, 0.3) is 0 Å². The van der Waals surface area contributed by atoms with Gasteiger partial charge in [-0.15, -0.1) is 0 Å². The fraction of sp³-hybridized carbons (Fsp3) is 0.500. The van der Waals surface area contributed by atoms with E-state index in [4.69, 9.17) is 5.11 Å². The highest BCUT2D eigenvalue weighted by Gasteiger charge is 2.25. The predicted molar refractivity (Wildman–Crippen MR) is 79.5 cm³/mol. The Morgan fingerprint density at radius 2 is 2.10 bits per heavy atom. The second-order valence-electron chi connectivity index (χ2n) is 4.73. The Hall–Kier alpha value is -1.74. The molecule has 1 aromatic heterocycles. The molecule has 1 fully saturated rings. The van der Waals surface area contributed by atoms with Crippen LogP contribution in [0.3, 0.4) is 0 Å². The van der Waals surface area contributed by atoms with Crippen LogP contribution >= 0.6 is 15.9 Å². The van der Waals surface area contributed by atoms with Gasteiger partial charge in [0.1, 0.15) is 0 Å². The van der Waals surface area contributed by atoms with E-state index in [0.29, 0.717) is 43.0 Å². The van der Waals surface area contributed by atoms with Crippen molar-refractivity contribution in [3.8, 4) is 0 Å². The Balaban J connectivity index is 2.02. The van der Waals surface area contributed by atoms with Gasteiger partial charge in [-0.3, -0.25) is 19.8 Å². The Morgan fingerprint density at radius 1 is 1.43 bits per heavy atom. The van der Waals surface area contributed by atoms with Crippen molar-refractivity contribution in [1.82, 2.24) is 9.88 Å². The Kier molecular flexibility index (Phi) is 5.07. The molecule has 8 nitrogen and oxygen atoms in total. The zero-order valence-electron chi connectivity index (χ0n) is 11.2. The lowest BCUT2D eigenvalue weighted by Crippen LogP contribution is -2.47. The van der Waals surface area contributed by atoms with Crippen LogP contribution in [0.5, 0.6) is 0 Å². The molecule has 0 radical (unpaired) electrons. The molecule has 1 aliphatic rings. The number of piperazine rings is 1. The maximum atomic E-state index is 11.1. The zero-order valence-corrected chi connectivity index (χ0v) is 12.8. The molecule has 1 saturated heterocycles. The van der Waals surface area contributed by atoms with Gasteiger partial charge in [0.2, 0.25) is 5.82 Å². The second-order valence-corrected chi connectivity index (χ2v) is 5.64. The number of carboxylic acids is 1. The van der Waals surface area contributed by atoms with Crippen LogP contribution < -0.4 is 4.90 Å². The normalized spacial score (nSPS) is 16.0. The second kappa shape index (κ2) is 6.81. The van der Waals surface area contributed by atoms with Crippen molar-refractivity contribution in [3.63, 3.8) is 0 Å². The largest absolute Gasteiger partial charge is 0.481 e. The summed E-state index contributed by atoms with van der Waals surface area (Å²) >= 11 is 3.18. The highest BCUT2D eigenvalue weighted by Crippen LogP contribution is 2.29. The van der Waals surface area contributed by atoms with Gasteiger partial charge in [0, 0.05) is 49.5 Å². The summed E-state index contributed by atoms with van der Waals surface area (Å²) in [7, 11) is 0. The summed E-state index contributed by atoms with van der Waals surface area (Å²) in [5.41, 5.74) is -0.0247. The van der Waals surface area contributed by atoms with Crippen LogP contribution in [-0.2, 0) is 4.79 Å². The summed E-state index contributed by atoms with van der Waals surface area (Å²) in [4.78, 5) is 29.3. The number of anilines is 1. The third-order valence-electron chi connectivity index (χ3n) is 3.32. The van der Waals surface area contributed by atoms with Crippen molar-refractivity contribution >= 4 is 33.4 Å². The van der Waals surface area contributed by atoms with Gasteiger partial charge >= 0.3 is 11.7 Å². The van der Waals surface area contributed by atoms with Gasteiger partial charge in [0.05, 0.1) is 11.3 Å². The third-order valence-corrected chi connectivity index (χ3v) is 3.76. The summed E-state index contributed by atoms with van der Waals surface area (Å²) in [6.45, 7) is 3.02. The maximum Gasteiger partial charge on any atom is 0.312 e. The van der Waals surface area contributed by atoms with Crippen LogP contribution in [0.2, 0.25) is 0 Å². The van der Waals surface area contributed by atoms with E-state index in [2.05, 4.69) is 20.9 Å². The van der Waals surface area contributed by atoms with E-state index in [9.17, 15) is 14.9 Å². The first-order valence-corrected chi connectivity index (χ1v) is 7.25. The lowest BCUT2D eigenvalue weighted by atomic mass is 10.2. The Morgan fingerprint density at radius 3 is 2.67 bits per heavy atom. The minimum absolute atomic E-state index is 0.0247. The molecular weight excluding hydrogens is 344 g/mol. The average molecular weight is 359 g/mol. The lowest BCUT2D eigenvalue weighted by molar-refractivity contribution is -0.384. The minimum Gasteiger partial charge on any atom is -0.481 e. The molecule has 2 heterocycles. The minimum atomic E-state index is -0.817. The summed E-state index contributed by atoms with van der Waals surface area (Å²) in [6.07, 6.45) is 1.65. The summed E-state index contributed by atoms with van der Waals surface area (Å²) < 4.78 is 0.568. The molecule has 1 aromatic rings. The van der Waals surface area contributed by atoms with Gasteiger partial charge in [-0.1, -0.05) is 0 Å². The number of nitro groups is 1. The number of halogens is 1. The van der Waals surface area contributed by atoms with Crippen LogP contribution in [0.15, 0.2) is 16.7 Å². The Labute approximate surface area is 129 Å².